The van der Waals surface area contributed by atoms with Crippen LogP contribution in [0.3, 0.4) is 0 Å². The van der Waals surface area contributed by atoms with Gasteiger partial charge in [0.1, 0.15) is 5.82 Å². The fourth-order valence-electron chi connectivity index (χ4n) is 6.32. The van der Waals surface area contributed by atoms with E-state index in [9.17, 15) is 37.3 Å². The maximum atomic E-state index is 13.9. The zero-order valence-electron chi connectivity index (χ0n) is 28.0. The van der Waals surface area contributed by atoms with Crippen molar-refractivity contribution in [3.8, 4) is 0 Å². The Kier molecular flexibility index (Phi) is 14.4. The second kappa shape index (κ2) is 18.5. The van der Waals surface area contributed by atoms with Crippen molar-refractivity contribution < 1.29 is 42.0 Å². The average Bonchev–Trinajstić information content (AvgIpc) is 3.12. The molecule has 0 aliphatic carbocycles. The third-order valence-corrected chi connectivity index (χ3v) is 9.90. The second-order valence-electron chi connectivity index (χ2n) is 12.7. The molecule has 0 atom stereocenters. The predicted molar refractivity (Wildman–Crippen MR) is 188 cm³/mol. The van der Waals surface area contributed by atoms with Crippen molar-refractivity contribution in [3.05, 3.63) is 104 Å². The molecule has 0 unspecified atom stereocenters. The number of nitro benzene ring substituents is 1. The fourth-order valence-corrected chi connectivity index (χ4v) is 6.62. The standard InChI is InChI=1S/C34H37Cl2FN4O4.C2HF3O2/c35-31-10-9-29(23-32(31)36)40(16-2-15-38-17-11-25(12-18-38)21-24-5-7-28(37)8-6-24)34(43)26-13-19-39(20-14-26)33(42)27-3-1-4-30(22-27)41(44)45;3-2(4,5)1(6)7/h1,3-10,22-23,25-26H,2,11-21H2;(H,6,7). The van der Waals surface area contributed by atoms with Crippen molar-refractivity contribution in [1.82, 2.24) is 9.80 Å². The van der Waals surface area contributed by atoms with Gasteiger partial charge in [-0.05, 0) is 106 Å². The Labute approximate surface area is 308 Å². The van der Waals surface area contributed by atoms with Crippen LogP contribution in [0, 0.1) is 27.8 Å². The first-order valence-corrected chi connectivity index (χ1v) is 17.4. The molecule has 2 saturated heterocycles. The molecule has 3 aromatic carbocycles. The number of aliphatic carboxylic acids is 1. The summed E-state index contributed by atoms with van der Waals surface area (Å²) in [7, 11) is 0. The number of rotatable bonds is 10. The van der Waals surface area contributed by atoms with Gasteiger partial charge in [-0.1, -0.05) is 41.4 Å². The molecule has 0 radical (unpaired) electrons. The Balaban J connectivity index is 0.000000785. The van der Waals surface area contributed by atoms with Crippen LogP contribution in [0.15, 0.2) is 66.7 Å². The number of hydrogen-bond donors (Lipinski definition) is 1. The SMILES string of the molecule is O=C(O)C(F)(F)F.O=C(c1cccc([N+](=O)[O-])c1)N1CCC(C(=O)N(CCCN2CCC(Cc3ccc(F)cc3)CC2)c2ccc(Cl)c(Cl)c2)CC1. The lowest BCUT2D eigenvalue weighted by molar-refractivity contribution is -0.384. The Morgan fingerprint density at radius 2 is 1.54 bits per heavy atom. The molecule has 0 aromatic heterocycles. The van der Waals surface area contributed by atoms with Crippen molar-refractivity contribution >= 4 is 52.4 Å². The quantitative estimate of drug-likeness (QED) is 0.126. The van der Waals surface area contributed by atoms with E-state index in [0.29, 0.717) is 54.1 Å². The first-order valence-electron chi connectivity index (χ1n) is 16.7. The van der Waals surface area contributed by atoms with Crippen molar-refractivity contribution in [2.24, 2.45) is 11.8 Å². The van der Waals surface area contributed by atoms with Crippen LogP contribution >= 0.6 is 23.2 Å². The van der Waals surface area contributed by atoms with E-state index in [0.717, 1.165) is 45.3 Å². The molecule has 10 nitrogen and oxygen atoms in total. The van der Waals surface area contributed by atoms with Gasteiger partial charge in [0.05, 0.1) is 15.0 Å². The molecular weight excluding hydrogens is 731 g/mol. The first-order chi connectivity index (χ1) is 24.6. The summed E-state index contributed by atoms with van der Waals surface area (Å²) >= 11 is 12.5. The molecule has 1 N–H and O–H groups in total. The van der Waals surface area contributed by atoms with E-state index in [1.54, 1.807) is 28.0 Å². The largest absolute Gasteiger partial charge is 0.490 e. The average molecular weight is 770 g/mol. The number of anilines is 1. The van der Waals surface area contributed by atoms with Crippen LogP contribution in [0.4, 0.5) is 28.9 Å². The molecule has 0 saturated carbocycles. The van der Waals surface area contributed by atoms with E-state index in [2.05, 4.69) is 4.90 Å². The summed E-state index contributed by atoms with van der Waals surface area (Å²) in [5.41, 5.74) is 2.01. The van der Waals surface area contributed by atoms with Crippen molar-refractivity contribution in [2.45, 2.75) is 44.7 Å². The van der Waals surface area contributed by atoms with Crippen LogP contribution in [0.1, 0.15) is 48.0 Å². The minimum atomic E-state index is -5.08. The lowest BCUT2D eigenvalue weighted by Crippen LogP contribution is -2.45. The van der Waals surface area contributed by atoms with E-state index in [1.165, 1.54) is 35.9 Å². The normalized spacial score (nSPS) is 15.8. The van der Waals surface area contributed by atoms with Gasteiger partial charge >= 0.3 is 12.1 Å². The second-order valence-corrected chi connectivity index (χ2v) is 13.5. The van der Waals surface area contributed by atoms with Gasteiger partial charge in [0, 0.05) is 48.9 Å². The number of amides is 2. The highest BCUT2D eigenvalue weighted by molar-refractivity contribution is 6.42. The van der Waals surface area contributed by atoms with E-state index < -0.39 is 17.1 Å². The molecule has 2 fully saturated rings. The van der Waals surface area contributed by atoms with Gasteiger partial charge < -0.3 is 19.8 Å². The summed E-state index contributed by atoms with van der Waals surface area (Å²) in [6.07, 6.45) is -0.166. The third kappa shape index (κ3) is 11.6. The Hall–Kier alpha value is -4.27. The lowest BCUT2D eigenvalue weighted by Gasteiger charge is -2.35. The van der Waals surface area contributed by atoms with E-state index in [1.807, 2.05) is 18.2 Å². The molecule has 52 heavy (non-hydrogen) atoms. The highest BCUT2D eigenvalue weighted by atomic mass is 35.5. The van der Waals surface area contributed by atoms with Gasteiger partial charge in [0.2, 0.25) is 5.91 Å². The highest BCUT2D eigenvalue weighted by Crippen LogP contribution is 2.31. The molecule has 280 valence electrons. The summed E-state index contributed by atoms with van der Waals surface area (Å²) in [5, 5.41) is 19.1. The number of likely N-dealkylation sites (tertiary alicyclic amines) is 2. The van der Waals surface area contributed by atoms with E-state index >= 15 is 0 Å². The number of nitrogens with zero attached hydrogens (tertiary/aromatic N) is 4. The Morgan fingerprint density at radius 3 is 2.12 bits per heavy atom. The monoisotopic (exact) mass is 768 g/mol. The van der Waals surface area contributed by atoms with Crippen molar-refractivity contribution in [1.29, 1.82) is 0 Å². The van der Waals surface area contributed by atoms with Gasteiger partial charge in [-0.15, -0.1) is 0 Å². The maximum Gasteiger partial charge on any atom is 0.490 e. The van der Waals surface area contributed by atoms with Gasteiger partial charge in [0.15, 0.2) is 0 Å². The fraction of sp³-hybridized carbons (Fsp3) is 0.417. The number of carbonyl (C=O) groups is 3. The van der Waals surface area contributed by atoms with Gasteiger partial charge in [-0.3, -0.25) is 19.7 Å². The summed E-state index contributed by atoms with van der Waals surface area (Å²) in [6, 6.07) is 17.8. The summed E-state index contributed by atoms with van der Waals surface area (Å²) in [6.45, 7) is 4.15. The smallest absolute Gasteiger partial charge is 0.475 e. The molecule has 2 aliphatic rings. The number of piperidine rings is 2. The number of halogens is 6. The summed E-state index contributed by atoms with van der Waals surface area (Å²) in [5.74, 6) is -2.93. The number of hydrogen-bond acceptors (Lipinski definition) is 6. The number of carboxylic acids is 1. The Morgan fingerprint density at radius 1 is 0.904 bits per heavy atom. The van der Waals surface area contributed by atoms with Crippen LogP contribution < -0.4 is 4.90 Å². The van der Waals surface area contributed by atoms with E-state index in [4.69, 9.17) is 33.1 Å². The van der Waals surface area contributed by atoms with Crippen LogP contribution in [0.25, 0.3) is 0 Å². The lowest BCUT2D eigenvalue weighted by atomic mass is 9.90. The zero-order valence-corrected chi connectivity index (χ0v) is 29.5. The molecule has 16 heteroatoms. The molecule has 0 bridgehead atoms. The summed E-state index contributed by atoms with van der Waals surface area (Å²) in [4.78, 5) is 52.4. The van der Waals surface area contributed by atoms with Crippen LogP contribution in [-0.4, -0.2) is 83.1 Å². The minimum Gasteiger partial charge on any atom is -0.475 e. The van der Waals surface area contributed by atoms with E-state index in [-0.39, 0.29) is 34.8 Å². The molecular formula is C36H38Cl2F4N4O6. The van der Waals surface area contributed by atoms with Crippen molar-refractivity contribution in [2.75, 3.05) is 44.2 Å². The number of carboxylic acid groups (broad SMARTS) is 1. The molecule has 2 heterocycles. The number of non-ortho nitro benzene ring substituents is 1. The number of nitro groups is 1. The zero-order chi connectivity index (χ0) is 38.0. The number of carbonyl (C=O) groups excluding carboxylic acids is 2. The predicted octanol–water partition coefficient (Wildman–Crippen LogP) is 7.90. The highest BCUT2D eigenvalue weighted by Gasteiger charge is 2.38. The molecule has 5 rings (SSSR count). The van der Waals surface area contributed by atoms with Crippen LogP contribution in [0.2, 0.25) is 10.0 Å². The Bertz CT molecular complexity index is 1710. The minimum absolute atomic E-state index is 0.00570. The van der Waals surface area contributed by atoms with Gasteiger partial charge in [-0.25, -0.2) is 9.18 Å². The molecule has 0 spiro atoms. The number of alkyl halides is 3. The number of benzene rings is 3. The van der Waals surface area contributed by atoms with Gasteiger partial charge in [-0.2, -0.15) is 13.2 Å². The van der Waals surface area contributed by atoms with Gasteiger partial charge in [0.25, 0.3) is 11.6 Å². The maximum absolute atomic E-state index is 13.9. The topological polar surface area (TPSA) is 124 Å². The molecule has 3 aromatic rings. The first kappa shape index (κ1) is 40.5. The van der Waals surface area contributed by atoms with Crippen LogP contribution in [-0.2, 0) is 16.0 Å². The summed E-state index contributed by atoms with van der Waals surface area (Å²) < 4.78 is 45.0. The van der Waals surface area contributed by atoms with Crippen molar-refractivity contribution in [3.63, 3.8) is 0 Å². The third-order valence-electron chi connectivity index (χ3n) is 9.16. The molecule has 2 amide bonds. The van der Waals surface area contributed by atoms with Crippen LogP contribution in [0.5, 0.6) is 0 Å². The molecule has 2 aliphatic heterocycles.